The van der Waals surface area contributed by atoms with Crippen LogP contribution >= 0.6 is 0 Å². The van der Waals surface area contributed by atoms with Crippen LogP contribution in [0.15, 0.2) is 55.4 Å². The van der Waals surface area contributed by atoms with Crippen molar-refractivity contribution in [2.24, 2.45) is 33.9 Å². The maximum Gasteiger partial charge on any atom is 0.291 e. The van der Waals surface area contributed by atoms with Gasteiger partial charge in [-0.2, -0.15) is 0 Å². The molecule has 0 aliphatic rings. The highest BCUT2D eigenvalue weighted by Crippen LogP contribution is 2.15. The third-order valence-electron chi connectivity index (χ3n) is 7.75. The molecule has 22 nitrogen and oxygen atoms in total. The molecule has 0 aromatic carbocycles. The van der Waals surface area contributed by atoms with E-state index in [9.17, 15) is 24.0 Å². The Hall–Kier alpha value is -7.52. The number of hydrogen-bond donors (Lipinski definition) is 8. The summed E-state index contributed by atoms with van der Waals surface area (Å²) in [5.74, 6) is -0.837. The van der Waals surface area contributed by atoms with Gasteiger partial charge < -0.3 is 60.6 Å². The van der Waals surface area contributed by atoms with Crippen LogP contribution in [0.25, 0.3) is 0 Å². The van der Waals surface area contributed by atoms with E-state index in [1.807, 2.05) is 14.0 Å². The zero-order valence-corrected chi connectivity index (χ0v) is 32.4. The van der Waals surface area contributed by atoms with Crippen LogP contribution in [0, 0.1) is 12.3 Å². The van der Waals surface area contributed by atoms with Gasteiger partial charge in [0, 0.05) is 91.9 Å². The van der Waals surface area contributed by atoms with Gasteiger partial charge in [-0.3, -0.25) is 39.0 Å². The normalized spacial score (nSPS) is 10.2. The number of carboxylic acid groups (broad SMARTS) is 1. The van der Waals surface area contributed by atoms with E-state index in [0.29, 0.717) is 41.4 Å². The number of carbonyl (C=O) groups is 7. The van der Waals surface area contributed by atoms with E-state index in [4.69, 9.17) is 20.1 Å². The predicted octanol–water partition coefficient (Wildman–Crippen LogP) is 0.524. The SMILES string of the molecule is Cc1nc(NC(=O)CCCNC(=O)c2cc(NC(=O)C(=N)N(C)/C=C/CCNC(=O)c3cc(NC(=O)c4nccn4C)cn3C)cn2C)cn1C.NC=O.O=CO. The van der Waals surface area contributed by atoms with Gasteiger partial charge in [0.05, 0.1) is 11.4 Å². The lowest BCUT2D eigenvalue weighted by molar-refractivity contribution is -0.123. The molecule has 0 saturated heterocycles. The fraction of sp³-hybridized carbons (Fsp3) is 0.314. The van der Waals surface area contributed by atoms with Gasteiger partial charge in [-0.15, -0.1) is 0 Å². The van der Waals surface area contributed by atoms with Crippen molar-refractivity contribution in [1.82, 2.24) is 43.8 Å². The number of anilines is 3. The minimum absolute atomic E-state index is 0.202. The topological polar surface area (TPSA) is 298 Å². The van der Waals surface area contributed by atoms with Crippen molar-refractivity contribution in [3.05, 3.63) is 78.4 Å². The molecule has 0 radical (unpaired) electrons. The molecule has 9 N–H and O–H groups in total. The minimum atomic E-state index is -0.684. The first-order valence-electron chi connectivity index (χ1n) is 17.1. The summed E-state index contributed by atoms with van der Waals surface area (Å²) >= 11 is 0. The first-order chi connectivity index (χ1) is 27.1. The number of likely N-dealkylation sites (N-methyl/N-ethyl adjacent to an activating group) is 1. The van der Waals surface area contributed by atoms with Crippen LogP contribution in [0.5, 0.6) is 0 Å². The number of nitrogens with two attached hydrogens (primary N) is 1. The van der Waals surface area contributed by atoms with Gasteiger partial charge in [0.2, 0.25) is 12.3 Å². The quantitative estimate of drug-likeness (QED) is 0.0377. The van der Waals surface area contributed by atoms with Crippen molar-refractivity contribution in [2.45, 2.75) is 26.2 Å². The van der Waals surface area contributed by atoms with Gasteiger partial charge in [-0.05, 0) is 31.9 Å². The molecule has 0 spiro atoms. The highest BCUT2D eigenvalue weighted by Gasteiger charge is 2.18. The maximum absolute atomic E-state index is 12.7. The van der Waals surface area contributed by atoms with Gasteiger partial charge in [-0.1, -0.05) is 6.08 Å². The van der Waals surface area contributed by atoms with E-state index in [1.54, 1.807) is 89.6 Å². The van der Waals surface area contributed by atoms with Gasteiger partial charge >= 0.3 is 0 Å². The molecule has 0 bridgehead atoms. The van der Waals surface area contributed by atoms with E-state index in [1.165, 1.54) is 17.2 Å². The molecule has 57 heavy (non-hydrogen) atoms. The van der Waals surface area contributed by atoms with Crippen molar-refractivity contribution in [3.63, 3.8) is 0 Å². The Bertz CT molecular complexity index is 2050. The number of carbonyl (C=O) groups excluding carboxylic acids is 6. The van der Waals surface area contributed by atoms with Crippen molar-refractivity contribution in [3.8, 4) is 0 Å². The van der Waals surface area contributed by atoms with Crippen LogP contribution < -0.4 is 32.3 Å². The van der Waals surface area contributed by atoms with E-state index in [2.05, 4.69) is 42.3 Å². The lowest BCUT2D eigenvalue weighted by atomic mass is 10.3. The molecule has 0 fully saturated rings. The number of imidazole rings is 2. The largest absolute Gasteiger partial charge is 0.483 e. The van der Waals surface area contributed by atoms with Crippen molar-refractivity contribution >= 4 is 65.4 Å². The average Bonchev–Trinajstić information content (AvgIpc) is 3.92. The third kappa shape index (κ3) is 14.3. The Morgan fingerprint density at radius 1 is 0.860 bits per heavy atom. The molecule has 4 aromatic rings. The Morgan fingerprint density at radius 2 is 1.42 bits per heavy atom. The number of amidine groups is 1. The summed E-state index contributed by atoms with van der Waals surface area (Å²) in [6.45, 7) is 2.14. The zero-order valence-electron chi connectivity index (χ0n) is 32.4. The third-order valence-corrected chi connectivity index (χ3v) is 7.75. The van der Waals surface area contributed by atoms with Crippen LogP contribution in [0.1, 0.15) is 56.7 Å². The molecular weight excluding hydrogens is 744 g/mol. The molecule has 0 atom stereocenters. The molecule has 0 aliphatic heterocycles. The smallest absolute Gasteiger partial charge is 0.291 e. The van der Waals surface area contributed by atoms with Gasteiger partial charge in [0.15, 0.2) is 17.5 Å². The predicted molar refractivity (Wildman–Crippen MR) is 209 cm³/mol. The monoisotopic (exact) mass is 792 g/mol. The Kier molecular flexibility index (Phi) is 18.1. The molecule has 306 valence electrons. The van der Waals surface area contributed by atoms with E-state index in [-0.39, 0.29) is 61.8 Å². The number of hydrogen-bond acceptors (Lipinski definition) is 10. The number of amides is 6. The molecule has 4 rings (SSSR count). The van der Waals surface area contributed by atoms with Gasteiger partial charge in [0.25, 0.3) is 30.1 Å². The second-order valence-electron chi connectivity index (χ2n) is 12.0. The number of primary amides is 1. The number of aryl methyl sites for hydroxylation is 5. The molecule has 6 amide bonds. The molecule has 22 heteroatoms. The number of rotatable bonds is 14. The highest BCUT2D eigenvalue weighted by molar-refractivity contribution is 6.41. The molecule has 0 aliphatic carbocycles. The molecule has 0 saturated carbocycles. The first-order valence-corrected chi connectivity index (χ1v) is 17.1. The fourth-order valence-corrected chi connectivity index (χ4v) is 4.87. The number of nitrogens with one attached hydrogen (secondary N) is 6. The lowest BCUT2D eigenvalue weighted by Crippen LogP contribution is -2.33. The summed E-state index contributed by atoms with van der Waals surface area (Å²) in [5.41, 5.74) is 5.60. The van der Waals surface area contributed by atoms with Crippen LogP contribution in [-0.2, 0) is 47.4 Å². The van der Waals surface area contributed by atoms with Crippen LogP contribution in [-0.4, -0.2) is 107 Å². The standard InChI is InChI=1S/C33H43N13O5.CH3NO.CH2O2/c1-21-38-26(20-44(21)4)41-27(47)10-9-12-37-31(49)24-16-22(18-45(24)5)39-32(50)28(34)42(2)14-8-7-11-36-30(48)25-17-23(19-46(25)6)40-33(51)29-35-13-15-43(29)3;2*2-1-3/h8,13-20,34H,7,9-12H2,1-6H3,(H,36,48)(H,37,49)(H,39,50)(H,40,51)(H,41,47);1H,(H2,2,3);1H,(H,2,3)/b14-8+,34-28?;;. The van der Waals surface area contributed by atoms with Crippen LogP contribution in [0.3, 0.4) is 0 Å². The fourth-order valence-electron chi connectivity index (χ4n) is 4.87. The zero-order chi connectivity index (χ0) is 42.7. The second kappa shape index (κ2) is 22.6. The van der Waals surface area contributed by atoms with Gasteiger partial charge in [0.1, 0.15) is 17.2 Å². The molecular formula is C35H48N14O8. The Balaban J connectivity index is 0.00000175. The minimum Gasteiger partial charge on any atom is -0.483 e. The first kappa shape index (κ1) is 45.6. The second-order valence-corrected chi connectivity index (χ2v) is 12.0. The van der Waals surface area contributed by atoms with Crippen molar-refractivity contribution in [1.29, 1.82) is 5.41 Å². The van der Waals surface area contributed by atoms with Gasteiger partial charge in [-0.25, -0.2) is 9.97 Å². The molecule has 0 unspecified atom stereocenters. The lowest BCUT2D eigenvalue weighted by Gasteiger charge is -2.14. The van der Waals surface area contributed by atoms with Crippen LogP contribution in [0.4, 0.5) is 17.2 Å². The highest BCUT2D eigenvalue weighted by atomic mass is 16.3. The number of aromatic nitrogens is 6. The Morgan fingerprint density at radius 3 is 1.95 bits per heavy atom. The number of nitrogens with zero attached hydrogens (tertiary/aromatic N) is 7. The van der Waals surface area contributed by atoms with E-state index < -0.39 is 11.8 Å². The maximum atomic E-state index is 12.7. The molecule has 4 heterocycles. The summed E-state index contributed by atoms with van der Waals surface area (Å²) in [6, 6.07) is 3.07. The van der Waals surface area contributed by atoms with Crippen molar-refractivity contribution in [2.75, 3.05) is 36.1 Å². The summed E-state index contributed by atoms with van der Waals surface area (Å²) in [7, 11) is 8.44. The summed E-state index contributed by atoms with van der Waals surface area (Å²) in [5, 5.41) is 28.8. The van der Waals surface area contributed by atoms with E-state index in [0.717, 1.165) is 5.82 Å². The average molecular weight is 793 g/mol. The summed E-state index contributed by atoms with van der Waals surface area (Å²) < 4.78 is 6.55. The molecule has 4 aromatic heterocycles. The van der Waals surface area contributed by atoms with Crippen LogP contribution in [0.2, 0.25) is 0 Å². The Labute approximate surface area is 327 Å². The summed E-state index contributed by atoms with van der Waals surface area (Å²) in [6.07, 6.45) is 12.6. The van der Waals surface area contributed by atoms with E-state index >= 15 is 0 Å². The summed E-state index contributed by atoms with van der Waals surface area (Å²) in [4.78, 5) is 89.3. The van der Waals surface area contributed by atoms with Crippen molar-refractivity contribution < 1.29 is 38.7 Å².